The van der Waals surface area contributed by atoms with Crippen molar-refractivity contribution in [2.75, 3.05) is 22.9 Å². The summed E-state index contributed by atoms with van der Waals surface area (Å²) in [5.74, 6) is 0.885. The molecule has 2 aromatic carbocycles. The van der Waals surface area contributed by atoms with E-state index in [4.69, 9.17) is 16.2 Å². The van der Waals surface area contributed by atoms with Gasteiger partial charge in [-0.1, -0.05) is 32.0 Å². The molecule has 0 fully saturated rings. The zero-order valence-corrected chi connectivity index (χ0v) is 13.9. The number of nitrogens with two attached hydrogens (primary N) is 2. The van der Waals surface area contributed by atoms with E-state index < -0.39 is 0 Å². The SMILES string of the molecule is CCC1(CC)CN(Cc2ccc(N)cc2)c2c(N)cccc2O1. The van der Waals surface area contributed by atoms with Crippen molar-refractivity contribution in [1.82, 2.24) is 0 Å². The Bertz CT molecular complexity index is 678. The number of ether oxygens (including phenoxy) is 1. The minimum Gasteiger partial charge on any atom is -0.483 e. The molecule has 3 rings (SSSR count). The second kappa shape index (κ2) is 6.03. The van der Waals surface area contributed by atoms with Crippen molar-refractivity contribution in [3.05, 3.63) is 48.0 Å². The van der Waals surface area contributed by atoms with E-state index in [1.165, 1.54) is 5.56 Å². The molecule has 0 atom stereocenters. The normalized spacial score (nSPS) is 15.8. The minimum absolute atomic E-state index is 0.158. The lowest BCUT2D eigenvalue weighted by molar-refractivity contribution is 0.0572. The Morgan fingerprint density at radius 2 is 1.74 bits per heavy atom. The predicted octanol–water partition coefficient (Wildman–Crippen LogP) is 3.81. The van der Waals surface area contributed by atoms with Gasteiger partial charge in [0.05, 0.1) is 12.2 Å². The van der Waals surface area contributed by atoms with Gasteiger partial charge in [0, 0.05) is 12.2 Å². The van der Waals surface area contributed by atoms with Gasteiger partial charge >= 0.3 is 0 Å². The predicted molar refractivity (Wildman–Crippen MR) is 96.7 cm³/mol. The number of para-hydroxylation sites is 1. The first-order valence-corrected chi connectivity index (χ1v) is 8.24. The van der Waals surface area contributed by atoms with Crippen LogP contribution in [0.15, 0.2) is 42.5 Å². The quantitative estimate of drug-likeness (QED) is 0.843. The molecule has 0 spiro atoms. The minimum atomic E-state index is -0.158. The van der Waals surface area contributed by atoms with Crippen LogP contribution in [0.2, 0.25) is 0 Å². The summed E-state index contributed by atoms with van der Waals surface area (Å²) in [6, 6.07) is 13.9. The third-order valence-electron chi connectivity index (χ3n) is 4.79. The molecular weight excluding hydrogens is 286 g/mol. The summed E-state index contributed by atoms with van der Waals surface area (Å²) < 4.78 is 6.34. The first kappa shape index (κ1) is 15.5. The highest BCUT2D eigenvalue weighted by molar-refractivity contribution is 5.76. The first-order valence-electron chi connectivity index (χ1n) is 8.24. The van der Waals surface area contributed by atoms with E-state index in [-0.39, 0.29) is 5.60 Å². The average Bonchev–Trinajstić information content (AvgIpc) is 2.56. The van der Waals surface area contributed by atoms with Crippen LogP contribution in [0.1, 0.15) is 32.3 Å². The van der Waals surface area contributed by atoms with Crippen molar-refractivity contribution < 1.29 is 4.74 Å². The Balaban J connectivity index is 1.98. The third kappa shape index (κ3) is 2.93. The van der Waals surface area contributed by atoms with Crippen molar-refractivity contribution >= 4 is 17.1 Å². The van der Waals surface area contributed by atoms with Gasteiger partial charge in [-0.3, -0.25) is 0 Å². The van der Waals surface area contributed by atoms with Crippen LogP contribution >= 0.6 is 0 Å². The van der Waals surface area contributed by atoms with Gasteiger partial charge in [-0.2, -0.15) is 0 Å². The number of nitrogens with zero attached hydrogens (tertiary/aromatic N) is 1. The molecule has 1 aliphatic rings. The molecule has 122 valence electrons. The molecule has 0 aromatic heterocycles. The van der Waals surface area contributed by atoms with Crippen LogP contribution in [0.5, 0.6) is 5.75 Å². The highest BCUT2D eigenvalue weighted by Gasteiger charge is 2.37. The number of rotatable bonds is 4. The van der Waals surface area contributed by atoms with E-state index in [0.717, 1.165) is 48.7 Å². The lowest BCUT2D eigenvalue weighted by Gasteiger charge is -2.44. The van der Waals surface area contributed by atoms with Crippen LogP contribution in [-0.4, -0.2) is 12.1 Å². The van der Waals surface area contributed by atoms with Gasteiger partial charge in [0.2, 0.25) is 0 Å². The topological polar surface area (TPSA) is 64.5 Å². The standard InChI is InChI=1S/C19H25N3O/c1-3-19(4-2)13-22(12-14-8-10-15(20)11-9-14)18-16(21)6-5-7-17(18)23-19/h5-11H,3-4,12-13,20-21H2,1-2H3. The molecule has 4 nitrogen and oxygen atoms in total. The molecule has 23 heavy (non-hydrogen) atoms. The Morgan fingerprint density at radius 3 is 2.39 bits per heavy atom. The van der Waals surface area contributed by atoms with Crippen molar-refractivity contribution in [3.8, 4) is 5.75 Å². The van der Waals surface area contributed by atoms with Crippen molar-refractivity contribution in [2.24, 2.45) is 0 Å². The number of hydrogen-bond donors (Lipinski definition) is 2. The van der Waals surface area contributed by atoms with Gasteiger partial charge in [0.15, 0.2) is 0 Å². The zero-order chi connectivity index (χ0) is 16.4. The molecule has 4 heteroatoms. The lowest BCUT2D eigenvalue weighted by Crippen LogP contribution is -2.50. The fraction of sp³-hybridized carbons (Fsp3) is 0.368. The van der Waals surface area contributed by atoms with Gasteiger partial charge < -0.3 is 21.1 Å². The average molecular weight is 311 g/mol. The summed E-state index contributed by atoms with van der Waals surface area (Å²) in [4.78, 5) is 2.34. The highest BCUT2D eigenvalue weighted by atomic mass is 16.5. The van der Waals surface area contributed by atoms with Crippen LogP contribution in [0.3, 0.4) is 0 Å². The molecule has 0 radical (unpaired) electrons. The maximum Gasteiger partial charge on any atom is 0.145 e. The Labute approximate surface area is 138 Å². The molecule has 0 bridgehead atoms. The summed E-state index contributed by atoms with van der Waals surface area (Å²) in [5, 5.41) is 0. The molecule has 1 heterocycles. The van der Waals surface area contributed by atoms with Gasteiger partial charge in [-0.25, -0.2) is 0 Å². The molecular formula is C19H25N3O. The maximum atomic E-state index is 6.34. The van der Waals surface area contributed by atoms with Crippen LogP contribution in [-0.2, 0) is 6.54 Å². The first-order chi connectivity index (χ1) is 11.1. The summed E-state index contributed by atoms with van der Waals surface area (Å²) in [7, 11) is 0. The maximum absolute atomic E-state index is 6.34. The van der Waals surface area contributed by atoms with E-state index in [2.05, 4.69) is 30.9 Å². The van der Waals surface area contributed by atoms with Crippen LogP contribution in [0.4, 0.5) is 17.1 Å². The molecule has 0 aliphatic carbocycles. The molecule has 0 saturated heterocycles. The molecule has 0 amide bonds. The largest absolute Gasteiger partial charge is 0.483 e. The highest BCUT2D eigenvalue weighted by Crippen LogP contribution is 2.43. The number of nitrogen functional groups attached to an aromatic ring is 2. The van der Waals surface area contributed by atoms with E-state index in [9.17, 15) is 0 Å². The van der Waals surface area contributed by atoms with Crippen molar-refractivity contribution in [1.29, 1.82) is 0 Å². The molecule has 2 aromatic rings. The number of anilines is 3. The van der Waals surface area contributed by atoms with E-state index in [1.54, 1.807) is 0 Å². The van der Waals surface area contributed by atoms with Crippen molar-refractivity contribution in [3.63, 3.8) is 0 Å². The zero-order valence-electron chi connectivity index (χ0n) is 13.9. The smallest absolute Gasteiger partial charge is 0.145 e. The second-order valence-electron chi connectivity index (χ2n) is 6.28. The van der Waals surface area contributed by atoms with Gasteiger partial charge in [0.1, 0.15) is 17.0 Å². The molecule has 4 N–H and O–H groups in total. The second-order valence-corrected chi connectivity index (χ2v) is 6.28. The number of fused-ring (bicyclic) bond motifs is 1. The monoisotopic (exact) mass is 311 g/mol. The van der Waals surface area contributed by atoms with Gasteiger partial charge in [0.25, 0.3) is 0 Å². The van der Waals surface area contributed by atoms with Gasteiger partial charge in [-0.05, 0) is 42.7 Å². The Kier molecular flexibility index (Phi) is 4.07. The number of hydrogen-bond acceptors (Lipinski definition) is 4. The Hall–Kier alpha value is -2.36. The number of benzene rings is 2. The van der Waals surface area contributed by atoms with Crippen LogP contribution in [0.25, 0.3) is 0 Å². The van der Waals surface area contributed by atoms with Crippen molar-refractivity contribution in [2.45, 2.75) is 38.8 Å². The fourth-order valence-electron chi connectivity index (χ4n) is 3.25. The summed E-state index contributed by atoms with van der Waals surface area (Å²) >= 11 is 0. The molecule has 0 unspecified atom stereocenters. The molecule has 1 aliphatic heterocycles. The summed E-state index contributed by atoms with van der Waals surface area (Å²) in [5.41, 5.74) is 15.6. The summed E-state index contributed by atoms with van der Waals surface area (Å²) in [6.45, 7) is 6.00. The Morgan fingerprint density at radius 1 is 1.04 bits per heavy atom. The van der Waals surface area contributed by atoms with Crippen LogP contribution < -0.4 is 21.1 Å². The molecule has 0 saturated carbocycles. The third-order valence-corrected chi connectivity index (χ3v) is 4.79. The van der Waals surface area contributed by atoms with Crippen LogP contribution in [0, 0.1) is 0 Å². The van der Waals surface area contributed by atoms with E-state index in [1.807, 2.05) is 30.3 Å². The van der Waals surface area contributed by atoms with Gasteiger partial charge in [-0.15, -0.1) is 0 Å². The van der Waals surface area contributed by atoms with E-state index >= 15 is 0 Å². The lowest BCUT2D eigenvalue weighted by atomic mass is 9.93. The fourth-order valence-corrected chi connectivity index (χ4v) is 3.25. The van der Waals surface area contributed by atoms with E-state index in [0.29, 0.717) is 0 Å². The summed E-state index contributed by atoms with van der Waals surface area (Å²) in [6.07, 6.45) is 1.94.